The Labute approximate surface area is 161 Å². The number of nitrogens with one attached hydrogen (secondary N) is 1. The van der Waals surface area contributed by atoms with E-state index in [4.69, 9.17) is 0 Å². The zero-order valence-corrected chi connectivity index (χ0v) is 16.1. The van der Waals surface area contributed by atoms with Crippen LogP contribution < -0.4 is 5.32 Å². The molecule has 1 aliphatic rings. The van der Waals surface area contributed by atoms with Crippen LogP contribution >= 0.6 is 0 Å². The molecule has 2 aromatic rings. The quantitative estimate of drug-likeness (QED) is 0.775. The molecule has 0 spiro atoms. The summed E-state index contributed by atoms with van der Waals surface area (Å²) in [6.07, 6.45) is 11.1. The molecule has 7 heteroatoms. The van der Waals surface area contributed by atoms with Gasteiger partial charge in [0, 0.05) is 44.4 Å². The predicted molar refractivity (Wildman–Crippen MR) is 105 cm³/mol. The second kappa shape index (κ2) is 10.1. The number of rotatable bonds is 8. The van der Waals surface area contributed by atoms with Crippen LogP contribution in [0.25, 0.3) is 0 Å². The van der Waals surface area contributed by atoms with Crippen molar-refractivity contribution >= 4 is 6.03 Å². The van der Waals surface area contributed by atoms with E-state index in [1.165, 1.54) is 24.8 Å². The Bertz CT molecular complexity index is 669. The van der Waals surface area contributed by atoms with Crippen LogP contribution in [-0.2, 0) is 6.54 Å². The number of hydrogen-bond acceptors (Lipinski definition) is 4. The van der Waals surface area contributed by atoms with Crippen LogP contribution in [0.2, 0.25) is 0 Å². The Balaban J connectivity index is 1.58. The highest BCUT2D eigenvalue weighted by Gasteiger charge is 2.23. The van der Waals surface area contributed by atoms with Crippen molar-refractivity contribution in [1.82, 2.24) is 29.9 Å². The van der Waals surface area contributed by atoms with E-state index in [1.54, 1.807) is 12.4 Å². The largest absolute Gasteiger partial charge is 0.336 e. The first kappa shape index (κ1) is 19.4. The molecular weight excluding hydrogens is 340 g/mol. The van der Waals surface area contributed by atoms with Gasteiger partial charge in [0.25, 0.3) is 0 Å². The van der Waals surface area contributed by atoms with Crippen molar-refractivity contribution in [1.29, 1.82) is 0 Å². The van der Waals surface area contributed by atoms with Crippen LogP contribution in [0, 0.1) is 0 Å². The molecule has 1 fully saturated rings. The van der Waals surface area contributed by atoms with E-state index in [9.17, 15) is 4.79 Å². The van der Waals surface area contributed by atoms with Gasteiger partial charge in [-0.3, -0.25) is 14.6 Å². The lowest BCUT2D eigenvalue weighted by molar-refractivity contribution is 0.154. The maximum absolute atomic E-state index is 12.7. The first-order chi connectivity index (χ1) is 13.3. The lowest BCUT2D eigenvalue weighted by Crippen LogP contribution is -2.46. The number of amides is 2. The maximum Gasteiger partial charge on any atom is 0.317 e. The third-order valence-corrected chi connectivity index (χ3v) is 5.17. The Kier molecular flexibility index (Phi) is 7.21. The molecule has 2 amide bonds. The number of likely N-dealkylation sites (tertiary alicyclic amines) is 1. The Morgan fingerprint density at radius 1 is 1.26 bits per heavy atom. The van der Waals surface area contributed by atoms with Gasteiger partial charge >= 0.3 is 6.03 Å². The molecular formula is C20H30N6O. The zero-order valence-electron chi connectivity index (χ0n) is 16.1. The SMILES string of the molecule is CCN(CCn1cccn1)C(=O)NC[C@H](c1cccnc1)N1CCCCC1. The van der Waals surface area contributed by atoms with Crippen molar-refractivity contribution < 1.29 is 4.79 Å². The topological polar surface area (TPSA) is 66.3 Å². The maximum atomic E-state index is 12.7. The third kappa shape index (κ3) is 5.53. The zero-order chi connectivity index (χ0) is 18.9. The molecule has 0 radical (unpaired) electrons. The summed E-state index contributed by atoms with van der Waals surface area (Å²) in [5.74, 6) is 0. The Hall–Kier alpha value is -2.41. The van der Waals surface area contributed by atoms with Gasteiger partial charge in [0.1, 0.15) is 0 Å². The van der Waals surface area contributed by atoms with Gasteiger partial charge in [-0.05, 0) is 50.6 Å². The van der Waals surface area contributed by atoms with Crippen LogP contribution in [0.1, 0.15) is 37.8 Å². The minimum absolute atomic E-state index is 0.0180. The normalized spacial score (nSPS) is 16.0. The molecule has 27 heavy (non-hydrogen) atoms. The molecule has 3 heterocycles. The van der Waals surface area contributed by atoms with Gasteiger partial charge in [-0.15, -0.1) is 0 Å². The number of carbonyl (C=O) groups excluding carboxylic acids is 1. The number of carbonyl (C=O) groups is 1. The monoisotopic (exact) mass is 370 g/mol. The average Bonchev–Trinajstić information content (AvgIpc) is 3.24. The summed E-state index contributed by atoms with van der Waals surface area (Å²) in [6, 6.07) is 6.13. The number of likely N-dealkylation sites (N-methyl/N-ethyl adjacent to an activating group) is 1. The van der Waals surface area contributed by atoms with Gasteiger partial charge in [-0.1, -0.05) is 12.5 Å². The lowest BCUT2D eigenvalue weighted by Gasteiger charge is -2.35. The number of pyridine rings is 1. The fourth-order valence-electron chi connectivity index (χ4n) is 3.62. The van der Waals surface area contributed by atoms with Crippen LogP contribution in [0.4, 0.5) is 4.79 Å². The second-order valence-electron chi connectivity index (χ2n) is 6.93. The lowest BCUT2D eigenvalue weighted by atomic mass is 10.0. The standard InChI is InChI=1S/C20H30N6O/c1-2-24(14-15-26-13-7-10-23-26)20(27)22-17-19(18-8-6-9-21-16-18)25-11-4-3-5-12-25/h6-10,13,16,19H,2-5,11-12,14-15,17H2,1H3,(H,22,27)/t19-/m1/s1. The summed E-state index contributed by atoms with van der Waals surface area (Å²) in [6.45, 7) is 6.78. The highest BCUT2D eigenvalue weighted by atomic mass is 16.2. The average molecular weight is 371 g/mol. The summed E-state index contributed by atoms with van der Waals surface area (Å²) in [5, 5.41) is 7.35. The molecule has 0 aromatic carbocycles. The van der Waals surface area contributed by atoms with E-state index < -0.39 is 0 Å². The fourth-order valence-corrected chi connectivity index (χ4v) is 3.62. The summed E-state index contributed by atoms with van der Waals surface area (Å²) in [4.78, 5) is 21.3. The highest BCUT2D eigenvalue weighted by Crippen LogP contribution is 2.23. The van der Waals surface area contributed by atoms with Crippen LogP contribution in [0.3, 0.4) is 0 Å². The van der Waals surface area contributed by atoms with Crippen molar-refractivity contribution in [3.8, 4) is 0 Å². The van der Waals surface area contributed by atoms with Gasteiger partial charge in [0.2, 0.25) is 0 Å². The fraction of sp³-hybridized carbons (Fsp3) is 0.550. The van der Waals surface area contributed by atoms with Crippen molar-refractivity contribution in [3.05, 3.63) is 48.5 Å². The van der Waals surface area contributed by atoms with Crippen LogP contribution in [0.5, 0.6) is 0 Å². The Morgan fingerprint density at radius 3 is 2.78 bits per heavy atom. The molecule has 0 bridgehead atoms. The van der Waals surface area contributed by atoms with E-state index in [2.05, 4.69) is 26.4 Å². The van der Waals surface area contributed by atoms with Crippen molar-refractivity contribution in [2.45, 2.75) is 38.8 Å². The number of nitrogens with zero attached hydrogens (tertiary/aromatic N) is 5. The molecule has 1 atom stereocenters. The van der Waals surface area contributed by atoms with Crippen molar-refractivity contribution in [2.24, 2.45) is 0 Å². The molecule has 3 rings (SSSR count). The minimum atomic E-state index is -0.0180. The minimum Gasteiger partial charge on any atom is -0.336 e. The van der Waals surface area contributed by atoms with E-state index in [1.807, 2.05) is 41.0 Å². The van der Waals surface area contributed by atoms with E-state index in [0.29, 0.717) is 26.2 Å². The molecule has 0 unspecified atom stereocenters. The molecule has 1 aliphatic heterocycles. The van der Waals surface area contributed by atoms with Gasteiger partial charge < -0.3 is 10.2 Å². The van der Waals surface area contributed by atoms with Crippen LogP contribution in [0.15, 0.2) is 43.0 Å². The number of urea groups is 1. The van der Waals surface area contributed by atoms with E-state index in [0.717, 1.165) is 13.1 Å². The van der Waals surface area contributed by atoms with E-state index >= 15 is 0 Å². The Morgan fingerprint density at radius 2 is 2.11 bits per heavy atom. The molecule has 146 valence electrons. The van der Waals surface area contributed by atoms with Crippen molar-refractivity contribution in [2.75, 3.05) is 32.7 Å². The highest BCUT2D eigenvalue weighted by molar-refractivity contribution is 5.74. The van der Waals surface area contributed by atoms with Crippen molar-refractivity contribution in [3.63, 3.8) is 0 Å². The number of aromatic nitrogens is 3. The summed E-state index contributed by atoms with van der Waals surface area (Å²) in [7, 11) is 0. The van der Waals surface area contributed by atoms with Crippen LogP contribution in [-0.4, -0.2) is 63.3 Å². The van der Waals surface area contributed by atoms with Gasteiger partial charge in [0.15, 0.2) is 0 Å². The summed E-state index contributed by atoms with van der Waals surface area (Å²) < 4.78 is 1.85. The summed E-state index contributed by atoms with van der Waals surface area (Å²) in [5.41, 5.74) is 1.17. The van der Waals surface area contributed by atoms with Gasteiger partial charge in [-0.25, -0.2) is 4.79 Å². The smallest absolute Gasteiger partial charge is 0.317 e. The van der Waals surface area contributed by atoms with Gasteiger partial charge in [0.05, 0.1) is 12.6 Å². The predicted octanol–water partition coefficient (Wildman–Crippen LogP) is 2.54. The summed E-state index contributed by atoms with van der Waals surface area (Å²) >= 11 is 0. The molecule has 0 saturated carbocycles. The first-order valence-corrected chi connectivity index (χ1v) is 9.92. The second-order valence-corrected chi connectivity index (χ2v) is 6.93. The number of hydrogen-bond donors (Lipinski definition) is 1. The number of piperidine rings is 1. The molecule has 2 aromatic heterocycles. The van der Waals surface area contributed by atoms with E-state index in [-0.39, 0.29) is 12.1 Å². The molecule has 1 N–H and O–H groups in total. The van der Waals surface area contributed by atoms with Gasteiger partial charge in [-0.2, -0.15) is 5.10 Å². The molecule has 0 aliphatic carbocycles. The molecule has 1 saturated heterocycles. The third-order valence-electron chi connectivity index (χ3n) is 5.17. The molecule has 7 nitrogen and oxygen atoms in total. The first-order valence-electron chi connectivity index (χ1n) is 9.92.